The number of hydrogen-bond donors (Lipinski definition) is 1. The lowest BCUT2D eigenvalue weighted by Gasteiger charge is -2.15. The number of nitrogens with zero attached hydrogens (tertiary/aromatic N) is 2. The normalized spacial score (nSPS) is 11.1. The molecule has 0 aliphatic heterocycles. The predicted octanol–water partition coefficient (Wildman–Crippen LogP) is 4.89. The minimum atomic E-state index is -0.153. The number of benzene rings is 2. The predicted molar refractivity (Wildman–Crippen MR) is 128 cm³/mol. The summed E-state index contributed by atoms with van der Waals surface area (Å²) >= 11 is 1.25. The Morgan fingerprint density at radius 2 is 1.78 bits per heavy atom. The van der Waals surface area contributed by atoms with Gasteiger partial charge in [-0.15, -0.1) is 0 Å². The van der Waals surface area contributed by atoms with Crippen LogP contribution in [0.4, 0.5) is 5.69 Å². The summed E-state index contributed by atoms with van der Waals surface area (Å²) in [5.41, 5.74) is 3.57. The van der Waals surface area contributed by atoms with Crippen molar-refractivity contribution in [2.45, 2.75) is 38.4 Å². The first-order valence-corrected chi connectivity index (χ1v) is 11.6. The number of rotatable bonds is 8. The third-order valence-corrected chi connectivity index (χ3v) is 6.29. The molecule has 0 radical (unpaired) electrons. The molecule has 6 nitrogen and oxygen atoms in total. The van der Waals surface area contributed by atoms with Gasteiger partial charge in [0.15, 0.2) is 5.16 Å². The van der Waals surface area contributed by atoms with Gasteiger partial charge >= 0.3 is 0 Å². The number of aryl methyl sites for hydroxylation is 2. The molecule has 0 atom stereocenters. The highest BCUT2D eigenvalue weighted by molar-refractivity contribution is 7.99. The molecule has 2 heterocycles. The number of carbonyl (C=O) groups excluding carboxylic acids is 1. The molecule has 1 amide bonds. The van der Waals surface area contributed by atoms with E-state index in [2.05, 4.69) is 24.1 Å². The van der Waals surface area contributed by atoms with Crippen LogP contribution in [0, 0.1) is 0 Å². The van der Waals surface area contributed by atoms with Gasteiger partial charge in [-0.25, -0.2) is 4.98 Å². The molecule has 2 aromatic heterocycles. The first-order chi connectivity index (χ1) is 15.6. The Labute approximate surface area is 190 Å². The SMILES string of the molecule is CCc1cccc(CC)c1NC(=O)CSc1nc2ccccc2c(=O)n1Cc1ccco1. The van der Waals surface area contributed by atoms with Crippen LogP contribution in [0.2, 0.25) is 0 Å². The van der Waals surface area contributed by atoms with Crippen LogP contribution in [0.5, 0.6) is 0 Å². The van der Waals surface area contributed by atoms with E-state index < -0.39 is 0 Å². The second-order valence-corrected chi connectivity index (χ2v) is 8.32. The topological polar surface area (TPSA) is 77.1 Å². The third kappa shape index (κ3) is 4.62. The molecule has 32 heavy (non-hydrogen) atoms. The van der Waals surface area contributed by atoms with Crippen molar-refractivity contribution in [3.05, 3.63) is 88.1 Å². The fourth-order valence-electron chi connectivity index (χ4n) is 3.66. The van der Waals surface area contributed by atoms with Gasteiger partial charge in [0.05, 0.1) is 29.5 Å². The summed E-state index contributed by atoms with van der Waals surface area (Å²) in [6, 6.07) is 16.9. The molecular weight excluding hydrogens is 422 g/mol. The molecule has 0 aliphatic rings. The molecule has 0 saturated carbocycles. The first-order valence-electron chi connectivity index (χ1n) is 10.7. The maximum Gasteiger partial charge on any atom is 0.262 e. The van der Waals surface area contributed by atoms with E-state index in [1.807, 2.05) is 42.5 Å². The van der Waals surface area contributed by atoms with Crippen molar-refractivity contribution < 1.29 is 9.21 Å². The molecule has 164 valence electrons. The Kier molecular flexibility index (Phi) is 6.75. The van der Waals surface area contributed by atoms with E-state index in [1.54, 1.807) is 23.0 Å². The van der Waals surface area contributed by atoms with E-state index in [9.17, 15) is 9.59 Å². The van der Waals surface area contributed by atoms with Crippen LogP contribution in [0.25, 0.3) is 10.9 Å². The summed E-state index contributed by atoms with van der Waals surface area (Å²) in [4.78, 5) is 30.6. The van der Waals surface area contributed by atoms with E-state index in [1.165, 1.54) is 11.8 Å². The van der Waals surface area contributed by atoms with Crippen molar-refractivity contribution in [2.75, 3.05) is 11.1 Å². The second kappa shape index (κ2) is 9.87. The average Bonchev–Trinajstić information content (AvgIpc) is 3.33. The summed E-state index contributed by atoms with van der Waals surface area (Å²) < 4.78 is 7.01. The highest BCUT2D eigenvalue weighted by Gasteiger charge is 2.16. The Bertz CT molecular complexity index is 1270. The lowest BCUT2D eigenvalue weighted by atomic mass is 10.0. The number of aromatic nitrogens is 2. The Hall–Kier alpha value is -3.32. The average molecular weight is 448 g/mol. The molecule has 0 aliphatic carbocycles. The number of nitrogens with one attached hydrogen (secondary N) is 1. The third-order valence-electron chi connectivity index (χ3n) is 5.32. The summed E-state index contributed by atoms with van der Waals surface area (Å²) in [6.07, 6.45) is 3.25. The van der Waals surface area contributed by atoms with Crippen LogP contribution in [0.15, 0.2) is 75.2 Å². The molecule has 1 N–H and O–H groups in total. The van der Waals surface area contributed by atoms with Crippen LogP contribution in [-0.2, 0) is 24.2 Å². The van der Waals surface area contributed by atoms with Crippen LogP contribution in [-0.4, -0.2) is 21.2 Å². The van der Waals surface area contributed by atoms with Gasteiger partial charge in [0.1, 0.15) is 5.76 Å². The van der Waals surface area contributed by atoms with Crippen molar-refractivity contribution in [2.24, 2.45) is 0 Å². The molecule has 4 aromatic rings. The molecule has 0 spiro atoms. The summed E-state index contributed by atoms with van der Waals surface area (Å²) in [7, 11) is 0. The lowest BCUT2D eigenvalue weighted by molar-refractivity contribution is -0.113. The zero-order valence-electron chi connectivity index (χ0n) is 18.1. The number of furan rings is 1. The van der Waals surface area contributed by atoms with Crippen molar-refractivity contribution in [3.63, 3.8) is 0 Å². The maximum absolute atomic E-state index is 13.1. The number of carbonyl (C=O) groups is 1. The molecule has 0 bridgehead atoms. The molecule has 0 saturated heterocycles. The van der Waals surface area contributed by atoms with Crippen molar-refractivity contribution in [3.8, 4) is 0 Å². The van der Waals surface area contributed by atoms with E-state index in [4.69, 9.17) is 4.42 Å². The standard InChI is InChI=1S/C25H25N3O3S/c1-3-17-9-7-10-18(4-2)23(17)27-22(29)16-32-25-26-21-13-6-5-12-20(21)24(30)28(25)15-19-11-8-14-31-19/h5-14H,3-4,15-16H2,1-2H3,(H,27,29). The highest BCUT2D eigenvalue weighted by Crippen LogP contribution is 2.24. The molecule has 0 fully saturated rings. The number of fused-ring (bicyclic) bond motifs is 1. The van der Waals surface area contributed by atoms with Crippen LogP contribution < -0.4 is 10.9 Å². The van der Waals surface area contributed by atoms with E-state index in [-0.39, 0.29) is 23.8 Å². The number of thioether (sulfide) groups is 1. The van der Waals surface area contributed by atoms with Crippen molar-refractivity contribution in [1.29, 1.82) is 0 Å². The number of anilines is 1. The van der Waals surface area contributed by atoms with E-state index in [0.717, 1.165) is 29.7 Å². The molecular formula is C25H25N3O3S. The summed E-state index contributed by atoms with van der Waals surface area (Å²) in [6.45, 7) is 4.41. The summed E-state index contributed by atoms with van der Waals surface area (Å²) in [5.74, 6) is 0.668. The van der Waals surface area contributed by atoms with Gasteiger partial charge in [-0.3, -0.25) is 14.2 Å². The number of para-hydroxylation sites is 2. The highest BCUT2D eigenvalue weighted by atomic mass is 32.2. The zero-order valence-corrected chi connectivity index (χ0v) is 18.9. The molecule has 7 heteroatoms. The monoisotopic (exact) mass is 447 g/mol. The largest absolute Gasteiger partial charge is 0.467 e. The lowest BCUT2D eigenvalue weighted by Crippen LogP contribution is -2.25. The van der Waals surface area contributed by atoms with Crippen molar-refractivity contribution >= 4 is 34.3 Å². The smallest absolute Gasteiger partial charge is 0.262 e. The van der Waals surface area contributed by atoms with Crippen LogP contribution in [0.1, 0.15) is 30.7 Å². The number of hydrogen-bond acceptors (Lipinski definition) is 5. The second-order valence-electron chi connectivity index (χ2n) is 7.38. The van der Waals surface area contributed by atoms with E-state index >= 15 is 0 Å². The Balaban J connectivity index is 1.60. The molecule has 4 rings (SSSR count). The van der Waals surface area contributed by atoms with Gasteiger partial charge in [-0.2, -0.15) is 0 Å². The molecule has 2 aromatic carbocycles. The van der Waals surface area contributed by atoms with Crippen LogP contribution in [0.3, 0.4) is 0 Å². The van der Waals surface area contributed by atoms with Crippen molar-refractivity contribution in [1.82, 2.24) is 9.55 Å². The first kappa shape index (κ1) is 21.9. The van der Waals surface area contributed by atoms with Gasteiger partial charge in [-0.1, -0.05) is 55.9 Å². The van der Waals surface area contributed by atoms with E-state index in [0.29, 0.717) is 21.8 Å². The zero-order chi connectivity index (χ0) is 22.5. The Morgan fingerprint density at radius 1 is 1.03 bits per heavy atom. The van der Waals surface area contributed by atoms with Gasteiger partial charge < -0.3 is 9.73 Å². The van der Waals surface area contributed by atoms with Gasteiger partial charge in [0, 0.05) is 5.69 Å². The summed E-state index contributed by atoms with van der Waals surface area (Å²) in [5, 5.41) is 4.10. The molecule has 0 unspecified atom stereocenters. The fourth-order valence-corrected chi connectivity index (χ4v) is 4.46. The van der Waals surface area contributed by atoms with Gasteiger partial charge in [0.2, 0.25) is 5.91 Å². The minimum Gasteiger partial charge on any atom is -0.467 e. The maximum atomic E-state index is 13.1. The number of amides is 1. The fraction of sp³-hybridized carbons (Fsp3) is 0.240. The Morgan fingerprint density at radius 3 is 2.47 bits per heavy atom. The minimum absolute atomic E-state index is 0.127. The quantitative estimate of drug-likeness (QED) is 0.307. The van der Waals surface area contributed by atoms with Gasteiger partial charge in [0.25, 0.3) is 5.56 Å². The van der Waals surface area contributed by atoms with Crippen LogP contribution >= 0.6 is 11.8 Å². The van der Waals surface area contributed by atoms with Gasteiger partial charge in [-0.05, 0) is 48.2 Å².